The Hall–Kier alpha value is -1.56. The highest BCUT2D eigenvalue weighted by atomic mass is 32.2. The predicted octanol–water partition coefficient (Wildman–Crippen LogP) is 1.33. The highest BCUT2D eigenvalue weighted by Gasteiger charge is 2.15. The fraction of sp³-hybridized carbons (Fsp3) is 0.417. The molecule has 0 aliphatic heterocycles. The standard InChI is InChI=1S/C12H17NO4S/c1-3-4-7-13-12(15)10-8-9(18(2,16)17)5-6-11(10)14/h5-6,8,14H,3-4,7H2,1-2H3,(H,13,15). The number of phenols is 1. The number of carbonyl (C=O) groups excluding carboxylic acids is 1. The number of nitrogens with one attached hydrogen (secondary N) is 1. The molecule has 0 aromatic heterocycles. The van der Waals surface area contributed by atoms with E-state index in [1.165, 1.54) is 18.2 Å². The summed E-state index contributed by atoms with van der Waals surface area (Å²) in [5, 5.41) is 12.2. The summed E-state index contributed by atoms with van der Waals surface area (Å²) in [6, 6.07) is 3.67. The molecule has 1 rings (SSSR count). The van der Waals surface area contributed by atoms with Crippen LogP contribution in [0.1, 0.15) is 30.1 Å². The van der Waals surface area contributed by atoms with Crippen molar-refractivity contribution >= 4 is 15.7 Å². The quantitative estimate of drug-likeness (QED) is 0.791. The minimum atomic E-state index is -3.39. The van der Waals surface area contributed by atoms with E-state index in [1.54, 1.807) is 0 Å². The van der Waals surface area contributed by atoms with E-state index in [1.807, 2.05) is 6.92 Å². The first-order chi connectivity index (χ1) is 8.36. The Morgan fingerprint density at radius 3 is 2.61 bits per heavy atom. The maximum absolute atomic E-state index is 11.8. The van der Waals surface area contributed by atoms with E-state index in [-0.39, 0.29) is 16.2 Å². The molecule has 100 valence electrons. The van der Waals surface area contributed by atoms with E-state index in [0.717, 1.165) is 19.1 Å². The molecule has 0 aliphatic carbocycles. The van der Waals surface area contributed by atoms with Crippen molar-refractivity contribution in [1.82, 2.24) is 5.32 Å². The Balaban J connectivity index is 2.97. The van der Waals surface area contributed by atoms with Gasteiger partial charge in [0.2, 0.25) is 0 Å². The molecule has 18 heavy (non-hydrogen) atoms. The lowest BCUT2D eigenvalue weighted by Gasteiger charge is -2.07. The van der Waals surface area contributed by atoms with Crippen LogP contribution in [0.5, 0.6) is 5.75 Å². The monoisotopic (exact) mass is 271 g/mol. The van der Waals surface area contributed by atoms with Gasteiger partial charge in [-0.3, -0.25) is 4.79 Å². The van der Waals surface area contributed by atoms with Crippen molar-refractivity contribution < 1.29 is 18.3 Å². The molecule has 0 spiro atoms. The van der Waals surface area contributed by atoms with Gasteiger partial charge in [-0.15, -0.1) is 0 Å². The van der Waals surface area contributed by atoms with E-state index < -0.39 is 15.7 Å². The van der Waals surface area contributed by atoms with Crippen molar-refractivity contribution in [2.45, 2.75) is 24.7 Å². The second kappa shape index (κ2) is 5.86. The van der Waals surface area contributed by atoms with E-state index in [2.05, 4.69) is 5.32 Å². The van der Waals surface area contributed by atoms with E-state index in [0.29, 0.717) is 6.54 Å². The zero-order chi connectivity index (χ0) is 13.8. The van der Waals surface area contributed by atoms with Gasteiger partial charge in [0.1, 0.15) is 5.75 Å². The summed E-state index contributed by atoms with van der Waals surface area (Å²) in [5.41, 5.74) is -0.0194. The third-order valence-electron chi connectivity index (χ3n) is 2.46. The zero-order valence-electron chi connectivity index (χ0n) is 10.4. The Morgan fingerprint density at radius 1 is 1.39 bits per heavy atom. The number of phenolic OH excluding ortho intramolecular Hbond substituents is 1. The molecule has 1 aromatic rings. The zero-order valence-corrected chi connectivity index (χ0v) is 11.3. The summed E-state index contributed by atoms with van der Waals surface area (Å²) in [7, 11) is -3.39. The number of sulfone groups is 1. The molecule has 2 N–H and O–H groups in total. The number of aromatic hydroxyl groups is 1. The van der Waals surface area contributed by atoms with E-state index in [9.17, 15) is 18.3 Å². The molecule has 5 nitrogen and oxygen atoms in total. The van der Waals surface area contributed by atoms with Crippen LogP contribution in [-0.4, -0.2) is 32.2 Å². The van der Waals surface area contributed by atoms with Crippen molar-refractivity contribution in [3.63, 3.8) is 0 Å². The number of rotatable bonds is 5. The number of carbonyl (C=O) groups is 1. The van der Waals surface area contributed by atoms with Gasteiger partial charge in [0, 0.05) is 12.8 Å². The molecule has 0 radical (unpaired) electrons. The van der Waals surface area contributed by atoms with Crippen molar-refractivity contribution in [2.75, 3.05) is 12.8 Å². The lowest BCUT2D eigenvalue weighted by atomic mass is 10.2. The Bertz CT molecular complexity index is 537. The summed E-state index contributed by atoms with van der Waals surface area (Å²) in [6.45, 7) is 2.49. The van der Waals surface area contributed by atoms with Crippen molar-refractivity contribution in [3.8, 4) is 5.75 Å². The number of benzene rings is 1. The molecule has 0 heterocycles. The van der Waals surface area contributed by atoms with Gasteiger partial charge >= 0.3 is 0 Å². The fourth-order valence-corrected chi connectivity index (χ4v) is 2.05. The van der Waals surface area contributed by atoms with E-state index in [4.69, 9.17) is 0 Å². The number of hydrogen-bond donors (Lipinski definition) is 2. The summed E-state index contributed by atoms with van der Waals surface area (Å²) in [5.74, 6) is -0.692. The second-order valence-electron chi connectivity index (χ2n) is 4.06. The molecule has 6 heteroatoms. The number of hydrogen-bond acceptors (Lipinski definition) is 4. The summed E-state index contributed by atoms with van der Waals surface area (Å²) < 4.78 is 22.7. The lowest BCUT2D eigenvalue weighted by molar-refractivity contribution is 0.0950. The predicted molar refractivity (Wildman–Crippen MR) is 68.5 cm³/mol. The maximum atomic E-state index is 11.8. The van der Waals surface area contributed by atoms with Gasteiger partial charge in [-0.25, -0.2) is 8.42 Å². The van der Waals surface area contributed by atoms with Crippen LogP contribution in [0.4, 0.5) is 0 Å². The Labute approximate surface area is 107 Å². The molecule has 0 bridgehead atoms. The molecule has 1 amide bonds. The van der Waals surface area contributed by atoms with Crippen LogP contribution in [0.15, 0.2) is 23.1 Å². The van der Waals surface area contributed by atoms with Crippen LogP contribution < -0.4 is 5.32 Å². The van der Waals surface area contributed by atoms with Crippen LogP contribution in [0.3, 0.4) is 0 Å². The number of unbranched alkanes of at least 4 members (excludes halogenated alkanes) is 1. The number of amides is 1. The third-order valence-corrected chi connectivity index (χ3v) is 3.57. The van der Waals surface area contributed by atoms with Gasteiger partial charge < -0.3 is 10.4 Å². The molecular formula is C12H17NO4S. The van der Waals surface area contributed by atoms with Gasteiger partial charge in [-0.05, 0) is 24.6 Å². The molecule has 0 saturated carbocycles. The van der Waals surface area contributed by atoms with Gasteiger partial charge in [-0.2, -0.15) is 0 Å². The molecule has 0 aliphatic rings. The van der Waals surface area contributed by atoms with Crippen molar-refractivity contribution in [2.24, 2.45) is 0 Å². The average Bonchev–Trinajstić information content (AvgIpc) is 2.28. The molecule has 0 unspecified atom stereocenters. The van der Waals surface area contributed by atoms with Crippen LogP contribution >= 0.6 is 0 Å². The topological polar surface area (TPSA) is 83.5 Å². The average molecular weight is 271 g/mol. The lowest BCUT2D eigenvalue weighted by Crippen LogP contribution is -2.24. The largest absolute Gasteiger partial charge is 0.507 e. The highest BCUT2D eigenvalue weighted by molar-refractivity contribution is 7.90. The molecule has 0 atom stereocenters. The smallest absolute Gasteiger partial charge is 0.255 e. The van der Waals surface area contributed by atoms with Gasteiger partial charge in [-0.1, -0.05) is 13.3 Å². The highest BCUT2D eigenvalue weighted by Crippen LogP contribution is 2.21. The SMILES string of the molecule is CCCCNC(=O)c1cc(S(C)(=O)=O)ccc1O. The third kappa shape index (κ3) is 3.73. The molecule has 0 fully saturated rings. The van der Waals surface area contributed by atoms with Crippen LogP contribution in [0, 0.1) is 0 Å². The Morgan fingerprint density at radius 2 is 2.06 bits per heavy atom. The van der Waals surface area contributed by atoms with Crippen LogP contribution in [-0.2, 0) is 9.84 Å². The molecular weight excluding hydrogens is 254 g/mol. The minimum Gasteiger partial charge on any atom is -0.507 e. The van der Waals surface area contributed by atoms with Crippen LogP contribution in [0.2, 0.25) is 0 Å². The summed E-state index contributed by atoms with van der Waals surface area (Å²) in [6.07, 6.45) is 2.83. The van der Waals surface area contributed by atoms with Gasteiger partial charge in [0.05, 0.1) is 10.5 Å². The molecule has 1 aromatic carbocycles. The normalized spacial score (nSPS) is 11.2. The first-order valence-electron chi connectivity index (χ1n) is 5.67. The fourth-order valence-electron chi connectivity index (χ4n) is 1.40. The van der Waals surface area contributed by atoms with Crippen molar-refractivity contribution in [1.29, 1.82) is 0 Å². The maximum Gasteiger partial charge on any atom is 0.255 e. The van der Waals surface area contributed by atoms with Crippen LogP contribution in [0.25, 0.3) is 0 Å². The van der Waals surface area contributed by atoms with Gasteiger partial charge in [0.25, 0.3) is 5.91 Å². The van der Waals surface area contributed by atoms with E-state index >= 15 is 0 Å². The summed E-state index contributed by atoms with van der Waals surface area (Å²) >= 11 is 0. The summed E-state index contributed by atoms with van der Waals surface area (Å²) in [4.78, 5) is 11.8. The Kier molecular flexibility index (Phi) is 4.72. The minimum absolute atomic E-state index is 0.0148. The van der Waals surface area contributed by atoms with Crippen molar-refractivity contribution in [3.05, 3.63) is 23.8 Å². The molecule has 0 saturated heterocycles. The van der Waals surface area contributed by atoms with Gasteiger partial charge in [0.15, 0.2) is 9.84 Å². The first kappa shape index (κ1) is 14.5. The first-order valence-corrected chi connectivity index (χ1v) is 7.56. The second-order valence-corrected chi connectivity index (χ2v) is 6.08.